The fraction of sp³-hybridized carbons (Fsp3) is 0.390. The zero-order valence-electron chi connectivity index (χ0n) is 27.7. The molecule has 0 bridgehead atoms. The van der Waals surface area contributed by atoms with Gasteiger partial charge in [0.2, 0.25) is 5.91 Å². The van der Waals surface area contributed by atoms with Crippen LogP contribution in [0.4, 0.5) is 0 Å². The van der Waals surface area contributed by atoms with Gasteiger partial charge in [0, 0.05) is 30.8 Å². The monoisotopic (exact) mass is 620 g/mol. The molecule has 5 heteroatoms. The molecule has 1 amide bonds. The van der Waals surface area contributed by atoms with E-state index in [1.165, 1.54) is 5.56 Å². The Labute approximate surface area is 279 Å². The lowest BCUT2D eigenvalue weighted by molar-refractivity contribution is -0.120. The maximum atomic E-state index is 12.2. The van der Waals surface area contributed by atoms with Crippen molar-refractivity contribution in [1.29, 1.82) is 0 Å². The zero-order chi connectivity index (χ0) is 32.9. The predicted octanol–water partition coefficient (Wildman–Crippen LogP) is 7.14. The van der Waals surface area contributed by atoms with E-state index >= 15 is 0 Å². The van der Waals surface area contributed by atoms with Gasteiger partial charge in [-0.15, -0.1) is 0 Å². The van der Waals surface area contributed by atoms with Gasteiger partial charge in [-0.3, -0.25) is 4.79 Å². The fourth-order valence-electron chi connectivity index (χ4n) is 4.21. The molecule has 0 aliphatic heterocycles. The third-order valence-corrected chi connectivity index (χ3v) is 6.82. The topological polar surface area (TPSA) is 93.2 Å². The van der Waals surface area contributed by atoms with Gasteiger partial charge in [-0.25, -0.2) is 0 Å². The second-order valence-electron chi connectivity index (χ2n) is 12.1. The van der Waals surface area contributed by atoms with Crippen molar-refractivity contribution < 1.29 is 4.79 Å². The second-order valence-corrected chi connectivity index (χ2v) is 12.1. The van der Waals surface area contributed by atoms with E-state index in [4.69, 9.17) is 11.5 Å². The fourth-order valence-corrected chi connectivity index (χ4v) is 4.21. The van der Waals surface area contributed by atoms with Crippen molar-refractivity contribution in [2.24, 2.45) is 22.8 Å². The van der Waals surface area contributed by atoms with E-state index in [-0.39, 0.29) is 18.7 Å². The number of aryl methyl sites for hydroxylation is 2. The average Bonchev–Trinajstić information content (AvgIpc) is 3.02. The van der Waals surface area contributed by atoms with Crippen molar-refractivity contribution in [3.8, 4) is 23.7 Å². The Bertz CT molecular complexity index is 1420. The third kappa shape index (κ3) is 17.3. The van der Waals surface area contributed by atoms with Crippen molar-refractivity contribution in [1.82, 2.24) is 10.6 Å². The Morgan fingerprint density at radius 1 is 0.848 bits per heavy atom. The summed E-state index contributed by atoms with van der Waals surface area (Å²) < 4.78 is 0. The molecule has 0 aromatic heterocycles. The molecule has 0 radical (unpaired) electrons. The summed E-state index contributed by atoms with van der Waals surface area (Å²) >= 11 is 0. The van der Waals surface area contributed by atoms with E-state index in [2.05, 4.69) is 111 Å². The second kappa shape index (κ2) is 22.3. The van der Waals surface area contributed by atoms with Crippen molar-refractivity contribution in [3.63, 3.8) is 0 Å². The maximum Gasteiger partial charge on any atom is 0.221 e. The molecular formula is C41H56N4O. The van der Waals surface area contributed by atoms with Gasteiger partial charge in [0.05, 0.1) is 18.5 Å². The van der Waals surface area contributed by atoms with Crippen LogP contribution < -0.4 is 22.1 Å². The van der Waals surface area contributed by atoms with Gasteiger partial charge in [0.1, 0.15) is 0 Å². The van der Waals surface area contributed by atoms with Crippen LogP contribution in [0.15, 0.2) is 96.8 Å². The first-order valence-electron chi connectivity index (χ1n) is 15.9. The van der Waals surface area contributed by atoms with Crippen LogP contribution in [-0.2, 0) is 30.7 Å². The van der Waals surface area contributed by atoms with Crippen molar-refractivity contribution in [2.75, 3.05) is 13.1 Å². The maximum absolute atomic E-state index is 12.2. The molecule has 3 rings (SSSR count). The smallest absolute Gasteiger partial charge is 0.221 e. The lowest BCUT2D eigenvalue weighted by atomic mass is 9.88. The lowest BCUT2D eigenvalue weighted by Crippen LogP contribution is -2.23. The first-order valence-corrected chi connectivity index (χ1v) is 15.9. The van der Waals surface area contributed by atoms with Gasteiger partial charge >= 0.3 is 0 Å². The first kappa shape index (κ1) is 39.7. The molecule has 1 unspecified atom stereocenters. The minimum absolute atomic E-state index is 0. The van der Waals surface area contributed by atoms with Crippen LogP contribution in [0.2, 0.25) is 0 Å². The Kier molecular flexibility index (Phi) is 19.2. The Morgan fingerprint density at radius 2 is 1.37 bits per heavy atom. The van der Waals surface area contributed by atoms with E-state index in [9.17, 15) is 4.79 Å². The summed E-state index contributed by atoms with van der Waals surface area (Å²) in [6.07, 6.45) is 14.0. The number of benzene rings is 2. The summed E-state index contributed by atoms with van der Waals surface area (Å²) in [6.45, 7) is 14.7. The number of carbonyl (C=O) groups is 1. The summed E-state index contributed by atoms with van der Waals surface area (Å²) in [5, 5.41) is 6.21. The number of hydrogen-bond acceptors (Lipinski definition) is 4. The molecule has 0 saturated heterocycles. The zero-order valence-corrected chi connectivity index (χ0v) is 27.7. The van der Waals surface area contributed by atoms with Gasteiger partial charge in [-0.05, 0) is 60.8 Å². The quantitative estimate of drug-likeness (QED) is 0.159. The predicted molar refractivity (Wildman–Crippen MR) is 197 cm³/mol. The number of allylic oxidation sites excluding steroid dienone is 7. The van der Waals surface area contributed by atoms with E-state index in [0.29, 0.717) is 39.0 Å². The summed E-state index contributed by atoms with van der Waals surface area (Å²) in [5.74, 6) is 13.7. The van der Waals surface area contributed by atoms with Crippen molar-refractivity contribution in [3.05, 3.63) is 119 Å². The number of hydrogen-bond donors (Lipinski definition) is 4. The van der Waals surface area contributed by atoms with E-state index < -0.39 is 0 Å². The molecule has 1 atom stereocenters. The molecule has 246 valence electrons. The van der Waals surface area contributed by atoms with E-state index in [0.717, 1.165) is 53.1 Å². The SMILES string of the molecule is C.C=C(CCc1ccc(CN)cc1)NCC#CC1(C)/C=C\C=C(C#CCNC(=O)CCc2ccc(CN)cc2)C/C=C\1.CC(C)C. The van der Waals surface area contributed by atoms with Gasteiger partial charge in [-0.2, -0.15) is 0 Å². The number of rotatable bonds is 11. The highest BCUT2D eigenvalue weighted by Gasteiger charge is 2.13. The van der Waals surface area contributed by atoms with Crippen LogP contribution in [0.5, 0.6) is 0 Å². The Morgan fingerprint density at radius 3 is 1.93 bits per heavy atom. The number of nitrogens with one attached hydrogen (secondary N) is 2. The van der Waals surface area contributed by atoms with Crippen LogP contribution in [0, 0.1) is 35.0 Å². The molecule has 5 nitrogen and oxygen atoms in total. The van der Waals surface area contributed by atoms with E-state index in [1.54, 1.807) is 0 Å². The molecule has 1 aliphatic carbocycles. The van der Waals surface area contributed by atoms with Crippen molar-refractivity contribution in [2.45, 2.75) is 80.3 Å². The molecule has 1 aliphatic rings. The van der Waals surface area contributed by atoms with Gasteiger partial charge < -0.3 is 22.1 Å². The van der Waals surface area contributed by atoms with Crippen LogP contribution in [-0.4, -0.2) is 19.0 Å². The third-order valence-electron chi connectivity index (χ3n) is 6.82. The van der Waals surface area contributed by atoms with Gasteiger partial charge in [0.15, 0.2) is 0 Å². The Hall–Kier alpha value is -4.29. The molecule has 2 aromatic rings. The minimum atomic E-state index is -0.345. The van der Waals surface area contributed by atoms with Crippen molar-refractivity contribution >= 4 is 5.91 Å². The van der Waals surface area contributed by atoms with Crippen LogP contribution in [0.25, 0.3) is 0 Å². The van der Waals surface area contributed by atoms with Crippen LogP contribution >= 0.6 is 0 Å². The minimum Gasteiger partial charge on any atom is -0.378 e. The molecule has 46 heavy (non-hydrogen) atoms. The van der Waals surface area contributed by atoms with Gasteiger partial charge in [0.25, 0.3) is 0 Å². The molecule has 0 saturated carbocycles. The Balaban J connectivity index is 0.00000199. The summed E-state index contributed by atoms with van der Waals surface area (Å²) in [6, 6.07) is 16.4. The number of amides is 1. The van der Waals surface area contributed by atoms with Crippen LogP contribution in [0.1, 0.15) is 76.6 Å². The van der Waals surface area contributed by atoms with E-state index in [1.807, 2.05) is 36.4 Å². The highest BCUT2D eigenvalue weighted by Crippen LogP contribution is 2.22. The largest absolute Gasteiger partial charge is 0.378 e. The number of nitrogens with two attached hydrogens (primary N) is 2. The standard InChI is InChI=1S/C36H42N4O.C4H10.CH4/c1-29(10-11-31-12-16-33(27-37)17-13-31)39-26-6-24-36(2)22-3-7-30(8-4-23-36)9-5-25-40-35(41)21-20-32-14-18-34(28-38)19-15-32;1-4(2)3;/h3-4,7,12-19,22-23,39H,1,8,10-11,20-21,25-28,37-38H2,2H3,(H,40,41);4H,1-3H3;1H4/b22-3-,23-4-,30-7?;;. The molecule has 6 N–H and O–H groups in total. The average molecular weight is 621 g/mol. The summed E-state index contributed by atoms with van der Waals surface area (Å²) in [5.41, 5.74) is 17.6. The molecule has 0 heterocycles. The lowest BCUT2D eigenvalue weighted by Gasteiger charge is -2.15. The van der Waals surface area contributed by atoms with Gasteiger partial charge in [-0.1, -0.05) is 137 Å². The molecule has 2 aromatic carbocycles. The highest BCUT2D eigenvalue weighted by atomic mass is 16.1. The molecule has 0 fully saturated rings. The summed E-state index contributed by atoms with van der Waals surface area (Å²) in [7, 11) is 0. The molecule has 0 spiro atoms. The number of carbonyl (C=O) groups excluding carboxylic acids is 1. The molecular weight excluding hydrogens is 564 g/mol. The normalized spacial score (nSPS) is 16.2. The first-order chi connectivity index (χ1) is 21.6. The highest BCUT2D eigenvalue weighted by molar-refractivity contribution is 5.76. The van der Waals surface area contributed by atoms with Crippen LogP contribution in [0.3, 0.4) is 0 Å². The summed E-state index contributed by atoms with van der Waals surface area (Å²) in [4.78, 5) is 12.2.